The van der Waals surface area contributed by atoms with Crippen LogP contribution in [0.4, 0.5) is 11.6 Å². The Morgan fingerprint density at radius 1 is 1.03 bits per heavy atom. The molecule has 33 heavy (non-hydrogen) atoms. The number of aromatic amines is 1. The van der Waals surface area contributed by atoms with Gasteiger partial charge in [0.1, 0.15) is 0 Å². The molecule has 4 aromatic rings. The van der Waals surface area contributed by atoms with E-state index < -0.39 is 0 Å². The molecule has 0 atom stereocenters. The monoisotopic (exact) mass is 477 g/mol. The summed E-state index contributed by atoms with van der Waals surface area (Å²) in [6.45, 7) is 4.37. The standard InChI is InChI=1S/C24H24ClN7S/c1-15-12-16(2)29-23(28-15)31-22(32-24(33)30-19-6-4-3-5-7-19)26-11-10-17-14-27-21-9-8-18(25)13-20(17)21/h3-9,12-14,27H,10-11H2,1-2H3,(H3,26,28,29,30,31,32,33). The van der Waals surface area contributed by atoms with Crippen molar-refractivity contribution in [2.24, 2.45) is 4.99 Å². The van der Waals surface area contributed by atoms with Gasteiger partial charge in [-0.05, 0) is 74.4 Å². The van der Waals surface area contributed by atoms with Crippen LogP contribution in [0.5, 0.6) is 0 Å². The third-order valence-electron chi connectivity index (χ3n) is 4.86. The fraction of sp³-hybridized carbons (Fsp3) is 0.167. The van der Waals surface area contributed by atoms with Gasteiger partial charge in [0.15, 0.2) is 5.11 Å². The molecule has 0 aliphatic heterocycles. The highest BCUT2D eigenvalue weighted by Gasteiger charge is 2.09. The van der Waals surface area contributed by atoms with Crippen LogP contribution in [0.15, 0.2) is 65.8 Å². The summed E-state index contributed by atoms with van der Waals surface area (Å²) in [5.41, 5.74) is 4.80. The zero-order valence-electron chi connectivity index (χ0n) is 18.3. The van der Waals surface area contributed by atoms with Gasteiger partial charge in [-0.15, -0.1) is 0 Å². The molecule has 0 aliphatic carbocycles. The van der Waals surface area contributed by atoms with Gasteiger partial charge in [-0.1, -0.05) is 29.8 Å². The first kappa shape index (κ1) is 22.7. The van der Waals surface area contributed by atoms with E-state index >= 15 is 0 Å². The van der Waals surface area contributed by atoms with E-state index in [0.717, 1.165) is 40.0 Å². The first-order valence-corrected chi connectivity index (χ1v) is 11.3. The van der Waals surface area contributed by atoms with Crippen LogP contribution in [0.25, 0.3) is 10.9 Å². The van der Waals surface area contributed by atoms with Gasteiger partial charge < -0.3 is 15.6 Å². The van der Waals surface area contributed by atoms with Crippen molar-refractivity contribution in [2.45, 2.75) is 20.3 Å². The van der Waals surface area contributed by atoms with Crippen LogP contribution in [-0.4, -0.2) is 32.6 Å². The highest BCUT2D eigenvalue weighted by atomic mass is 35.5. The van der Waals surface area contributed by atoms with Gasteiger partial charge in [0.25, 0.3) is 0 Å². The Morgan fingerprint density at radius 3 is 2.55 bits per heavy atom. The van der Waals surface area contributed by atoms with Crippen LogP contribution < -0.4 is 16.0 Å². The number of aryl methyl sites for hydroxylation is 2. The van der Waals surface area contributed by atoms with Gasteiger partial charge in [0, 0.05) is 45.7 Å². The number of rotatable bonds is 5. The molecule has 2 aromatic carbocycles. The van der Waals surface area contributed by atoms with Crippen molar-refractivity contribution >= 4 is 57.4 Å². The Morgan fingerprint density at radius 2 is 1.79 bits per heavy atom. The fourth-order valence-corrected chi connectivity index (χ4v) is 3.82. The largest absolute Gasteiger partial charge is 0.361 e. The highest BCUT2D eigenvalue weighted by Crippen LogP contribution is 2.22. The van der Waals surface area contributed by atoms with Crippen LogP contribution in [0.2, 0.25) is 5.02 Å². The number of aliphatic imine (C=N–C) groups is 1. The summed E-state index contributed by atoms with van der Waals surface area (Å²) >= 11 is 11.7. The number of H-pyrrole nitrogens is 1. The summed E-state index contributed by atoms with van der Waals surface area (Å²) in [5, 5.41) is 11.7. The molecular weight excluding hydrogens is 454 g/mol. The van der Waals surface area contributed by atoms with Crippen LogP contribution in [0, 0.1) is 13.8 Å². The predicted octanol–water partition coefficient (Wildman–Crippen LogP) is 5.23. The van der Waals surface area contributed by atoms with Crippen molar-refractivity contribution < 1.29 is 0 Å². The number of thiocarbonyl (C=S) groups is 1. The van der Waals surface area contributed by atoms with Crippen LogP contribution in [0.1, 0.15) is 17.0 Å². The molecule has 2 aromatic heterocycles. The maximum absolute atomic E-state index is 6.17. The van der Waals surface area contributed by atoms with E-state index in [2.05, 4.69) is 30.9 Å². The molecule has 0 spiro atoms. The SMILES string of the molecule is Cc1cc(C)nc(NC(=NCCc2c[nH]c3ccc(Cl)cc23)NC(=S)Nc2ccccc2)n1. The molecule has 4 rings (SSSR count). The van der Waals surface area contributed by atoms with Gasteiger partial charge in [-0.25, -0.2) is 9.97 Å². The number of guanidine groups is 1. The van der Waals surface area contributed by atoms with E-state index in [9.17, 15) is 0 Å². The molecule has 4 N–H and O–H groups in total. The first-order valence-electron chi connectivity index (χ1n) is 10.5. The van der Waals surface area contributed by atoms with Crippen LogP contribution >= 0.6 is 23.8 Å². The van der Waals surface area contributed by atoms with Gasteiger partial charge in [0.05, 0.1) is 0 Å². The number of hydrogen-bond acceptors (Lipinski definition) is 4. The summed E-state index contributed by atoms with van der Waals surface area (Å²) in [4.78, 5) is 16.9. The number of anilines is 2. The maximum Gasteiger partial charge on any atom is 0.229 e. The second kappa shape index (κ2) is 10.4. The van der Waals surface area contributed by atoms with E-state index in [1.165, 1.54) is 0 Å². The number of aromatic nitrogens is 3. The minimum absolute atomic E-state index is 0.413. The Kier molecular flexibility index (Phi) is 7.16. The minimum atomic E-state index is 0.413. The molecule has 0 bridgehead atoms. The maximum atomic E-state index is 6.17. The molecule has 0 unspecified atom stereocenters. The summed E-state index contributed by atoms with van der Waals surface area (Å²) < 4.78 is 0. The number of fused-ring (bicyclic) bond motifs is 1. The lowest BCUT2D eigenvalue weighted by atomic mass is 10.1. The number of nitrogens with one attached hydrogen (secondary N) is 4. The van der Waals surface area contributed by atoms with Gasteiger partial charge in [-0.2, -0.15) is 0 Å². The average molecular weight is 478 g/mol. The van der Waals surface area contributed by atoms with Crippen molar-refractivity contribution in [3.05, 3.63) is 82.8 Å². The number of halogens is 1. The fourth-order valence-electron chi connectivity index (χ4n) is 3.44. The quantitative estimate of drug-likeness (QED) is 0.179. The molecule has 9 heteroatoms. The Bertz CT molecular complexity index is 1280. The predicted molar refractivity (Wildman–Crippen MR) is 140 cm³/mol. The van der Waals surface area contributed by atoms with Gasteiger partial charge in [-0.3, -0.25) is 10.3 Å². The average Bonchev–Trinajstić information content (AvgIpc) is 3.15. The lowest BCUT2D eigenvalue weighted by molar-refractivity contribution is 0.963. The molecule has 7 nitrogen and oxygen atoms in total. The minimum Gasteiger partial charge on any atom is -0.361 e. The number of para-hydroxylation sites is 1. The third-order valence-corrected chi connectivity index (χ3v) is 5.30. The van der Waals surface area contributed by atoms with E-state index in [1.54, 1.807) is 0 Å². The Labute approximate surface area is 202 Å². The third kappa shape index (κ3) is 6.27. The van der Waals surface area contributed by atoms with E-state index in [-0.39, 0.29) is 0 Å². The molecule has 0 saturated carbocycles. The van der Waals surface area contributed by atoms with Gasteiger partial charge >= 0.3 is 0 Å². The lowest BCUT2D eigenvalue weighted by Gasteiger charge is -2.14. The first-order chi connectivity index (χ1) is 16.0. The summed E-state index contributed by atoms with van der Waals surface area (Å²) in [6, 6.07) is 17.4. The molecule has 0 saturated heterocycles. The number of nitrogens with zero attached hydrogens (tertiary/aromatic N) is 3. The van der Waals surface area contributed by atoms with E-state index in [4.69, 9.17) is 28.8 Å². The van der Waals surface area contributed by atoms with Crippen LogP contribution in [0.3, 0.4) is 0 Å². The summed E-state index contributed by atoms with van der Waals surface area (Å²) in [6.07, 6.45) is 2.71. The van der Waals surface area contributed by atoms with Crippen molar-refractivity contribution in [2.75, 3.05) is 17.2 Å². The lowest BCUT2D eigenvalue weighted by Crippen LogP contribution is -2.39. The Balaban J connectivity index is 1.50. The normalized spacial score (nSPS) is 11.4. The molecule has 0 aliphatic rings. The van der Waals surface area contributed by atoms with Gasteiger partial charge in [0.2, 0.25) is 11.9 Å². The second-order valence-electron chi connectivity index (χ2n) is 7.53. The highest BCUT2D eigenvalue weighted by molar-refractivity contribution is 7.80. The summed E-state index contributed by atoms with van der Waals surface area (Å²) in [7, 11) is 0. The van der Waals surface area contributed by atoms with E-state index in [0.29, 0.717) is 28.6 Å². The molecule has 2 heterocycles. The van der Waals surface area contributed by atoms with Crippen LogP contribution in [-0.2, 0) is 6.42 Å². The van der Waals surface area contributed by atoms with Crippen molar-refractivity contribution in [1.29, 1.82) is 0 Å². The van der Waals surface area contributed by atoms with Crippen molar-refractivity contribution in [1.82, 2.24) is 20.3 Å². The van der Waals surface area contributed by atoms with Crippen molar-refractivity contribution in [3.63, 3.8) is 0 Å². The molecule has 168 valence electrons. The Hall–Kier alpha value is -3.49. The molecule has 0 amide bonds. The topological polar surface area (TPSA) is 90.0 Å². The zero-order valence-corrected chi connectivity index (χ0v) is 19.9. The number of benzene rings is 2. The van der Waals surface area contributed by atoms with Crippen molar-refractivity contribution in [3.8, 4) is 0 Å². The summed E-state index contributed by atoms with van der Waals surface area (Å²) in [5.74, 6) is 0.923. The second-order valence-corrected chi connectivity index (χ2v) is 8.37. The zero-order chi connectivity index (χ0) is 23.2. The molecule has 0 fully saturated rings. The molecular formula is C24H24ClN7S. The number of hydrogen-bond donors (Lipinski definition) is 4. The van der Waals surface area contributed by atoms with E-state index in [1.807, 2.05) is 74.6 Å². The molecule has 0 radical (unpaired) electrons. The smallest absolute Gasteiger partial charge is 0.229 e.